The van der Waals surface area contributed by atoms with Gasteiger partial charge in [0, 0.05) is 12.4 Å². The van der Waals surface area contributed by atoms with Crippen LogP contribution < -0.4 is 0 Å². The summed E-state index contributed by atoms with van der Waals surface area (Å²) in [5, 5.41) is 1.28. The van der Waals surface area contributed by atoms with Gasteiger partial charge in [-0.05, 0) is 18.4 Å². The maximum atomic E-state index is 3.87. The number of aliphatic imine (C=N–C) groups is 1. The van der Waals surface area contributed by atoms with Crippen molar-refractivity contribution in [1.82, 2.24) is 0 Å². The van der Waals surface area contributed by atoms with Crippen LogP contribution in [0.25, 0.3) is 0 Å². The number of hydrogen-bond acceptors (Lipinski definition) is 1. The van der Waals surface area contributed by atoms with Crippen LogP contribution in [0.3, 0.4) is 0 Å². The van der Waals surface area contributed by atoms with Gasteiger partial charge < -0.3 is 0 Å². The number of rotatable bonds is 4. The Labute approximate surface area is 71.5 Å². The van der Waals surface area contributed by atoms with Crippen LogP contribution >= 0.6 is 9.24 Å². The van der Waals surface area contributed by atoms with Crippen molar-refractivity contribution in [2.45, 2.75) is 20.3 Å². The average molecular weight is 169 g/mol. The summed E-state index contributed by atoms with van der Waals surface area (Å²) < 4.78 is 0. The lowest BCUT2D eigenvalue weighted by molar-refractivity contribution is 0.659. The molecule has 1 nitrogen and oxygen atoms in total. The smallest absolute Gasteiger partial charge is 0.0270 e. The van der Waals surface area contributed by atoms with Gasteiger partial charge >= 0.3 is 0 Å². The Hall–Kier alpha value is -0.420. The highest BCUT2D eigenvalue weighted by molar-refractivity contribution is 7.22. The van der Waals surface area contributed by atoms with Crippen molar-refractivity contribution in [3.8, 4) is 0 Å². The summed E-state index contributed by atoms with van der Waals surface area (Å²) >= 11 is 0. The zero-order valence-electron chi connectivity index (χ0n) is 7.25. The largest absolute Gasteiger partial charge is 0.265 e. The van der Waals surface area contributed by atoms with Gasteiger partial charge in [0.15, 0.2) is 0 Å². The molecule has 0 aliphatic rings. The van der Waals surface area contributed by atoms with E-state index in [2.05, 4.69) is 34.7 Å². The Morgan fingerprint density at radius 2 is 2.27 bits per heavy atom. The van der Waals surface area contributed by atoms with Gasteiger partial charge in [-0.3, -0.25) is 4.99 Å². The Balaban J connectivity index is 3.80. The van der Waals surface area contributed by atoms with Crippen LogP contribution in [0.15, 0.2) is 29.2 Å². The first kappa shape index (κ1) is 10.6. The second-order valence-electron chi connectivity index (χ2n) is 2.82. The fourth-order valence-electron chi connectivity index (χ4n) is 0.739. The van der Waals surface area contributed by atoms with Crippen molar-refractivity contribution in [1.29, 1.82) is 0 Å². The van der Waals surface area contributed by atoms with Crippen LogP contribution in [0.5, 0.6) is 0 Å². The molecule has 0 aromatic heterocycles. The van der Waals surface area contributed by atoms with Gasteiger partial charge in [-0.1, -0.05) is 25.7 Å². The maximum absolute atomic E-state index is 3.87. The summed E-state index contributed by atoms with van der Waals surface area (Å²) in [5.41, 5.74) is 0. The fraction of sp³-hybridized carbons (Fsp3) is 0.444. The standard InChI is InChI=1S/C9H16NP/c1-4-10-6-5-9(11)7-8(2)3/h4-6,8H,1,7,11H2,2-3H3/b9-5+,10-6-. The molecule has 0 amide bonds. The van der Waals surface area contributed by atoms with Gasteiger partial charge in [0.25, 0.3) is 0 Å². The van der Waals surface area contributed by atoms with Crippen molar-refractivity contribution in [2.24, 2.45) is 10.9 Å². The Morgan fingerprint density at radius 3 is 2.73 bits per heavy atom. The number of allylic oxidation sites excluding steroid dienone is 2. The fourth-order valence-corrected chi connectivity index (χ4v) is 1.30. The minimum absolute atomic E-state index is 0.705. The molecule has 0 fully saturated rings. The molecular weight excluding hydrogens is 153 g/mol. The monoisotopic (exact) mass is 169 g/mol. The molecule has 0 aliphatic heterocycles. The highest BCUT2D eigenvalue weighted by Crippen LogP contribution is 2.15. The van der Waals surface area contributed by atoms with E-state index in [9.17, 15) is 0 Å². The molecule has 0 bridgehead atoms. The molecule has 0 spiro atoms. The van der Waals surface area contributed by atoms with Crippen molar-refractivity contribution in [2.75, 3.05) is 0 Å². The van der Waals surface area contributed by atoms with Crippen molar-refractivity contribution in [3.05, 3.63) is 24.2 Å². The van der Waals surface area contributed by atoms with E-state index in [4.69, 9.17) is 0 Å². The lowest BCUT2D eigenvalue weighted by Crippen LogP contribution is -1.85. The van der Waals surface area contributed by atoms with Crippen LogP contribution in [0.4, 0.5) is 0 Å². The average Bonchev–Trinajstić information content (AvgIpc) is 1.86. The minimum Gasteiger partial charge on any atom is -0.265 e. The molecule has 0 N–H and O–H groups in total. The molecule has 0 aliphatic carbocycles. The van der Waals surface area contributed by atoms with Crippen molar-refractivity contribution >= 4 is 15.5 Å². The van der Waals surface area contributed by atoms with Crippen LogP contribution in [-0.4, -0.2) is 6.21 Å². The number of nitrogens with zero attached hydrogens (tertiary/aromatic N) is 1. The van der Waals surface area contributed by atoms with Gasteiger partial charge in [0.05, 0.1) is 0 Å². The lowest BCUT2D eigenvalue weighted by Gasteiger charge is -2.01. The summed E-state index contributed by atoms with van der Waals surface area (Å²) in [6.45, 7) is 7.88. The third-order valence-corrected chi connectivity index (χ3v) is 1.55. The quantitative estimate of drug-likeness (QED) is 0.453. The molecule has 0 rings (SSSR count). The Morgan fingerprint density at radius 1 is 1.64 bits per heavy atom. The molecule has 62 valence electrons. The highest BCUT2D eigenvalue weighted by atomic mass is 31.0. The molecular formula is C9H16NP. The number of hydrogen-bond donors (Lipinski definition) is 0. The van der Waals surface area contributed by atoms with Crippen LogP contribution in [0, 0.1) is 5.92 Å². The molecule has 0 radical (unpaired) electrons. The molecule has 11 heavy (non-hydrogen) atoms. The molecule has 1 unspecified atom stereocenters. The first-order valence-electron chi connectivity index (χ1n) is 3.75. The van der Waals surface area contributed by atoms with Crippen LogP contribution in [0.1, 0.15) is 20.3 Å². The van der Waals surface area contributed by atoms with Gasteiger partial charge in [-0.2, -0.15) is 0 Å². The zero-order chi connectivity index (χ0) is 8.69. The lowest BCUT2D eigenvalue weighted by atomic mass is 10.1. The summed E-state index contributed by atoms with van der Waals surface area (Å²) in [7, 11) is 2.71. The van der Waals surface area contributed by atoms with Gasteiger partial charge in [0.1, 0.15) is 0 Å². The maximum Gasteiger partial charge on any atom is 0.0270 e. The molecule has 1 atom stereocenters. The normalized spacial score (nSPS) is 12.9. The van der Waals surface area contributed by atoms with E-state index in [-0.39, 0.29) is 0 Å². The minimum atomic E-state index is 0.705. The van der Waals surface area contributed by atoms with Gasteiger partial charge in [-0.15, -0.1) is 9.24 Å². The molecule has 0 saturated heterocycles. The Bertz CT molecular complexity index is 168. The zero-order valence-corrected chi connectivity index (χ0v) is 8.40. The van der Waals surface area contributed by atoms with E-state index >= 15 is 0 Å². The van der Waals surface area contributed by atoms with E-state index in [1.165, 1.54) is 11.5 Å². The van der Waals surface area contributed by atoms with E-state index in [1.54, 1.807) is 6.21 Å². The van der Waals surface area contributed by atoms with E-state index in [1.807, 2.05) is 6.08 Å². The van der Waals surface area contributed by atoms with Crippen molar-refractivity contribution in [3.63, 3.8) is 0 Å². The third kappa shape index (κ3) is 7.48. The highest BCUT2D eigenvalue weighted by Gasteiger charge is 1.93. The summed E-state index contributed by atoms with van der Waals surface area (Å²) in [6.07, 6.45) is 6.39. The van der Waals surface area contributed by atoms with Crippen LogP contribution in [0.2, 0.25) is 0 Å². The van der Waals surface area contributed by atoms with Crippen molar-refractivity contribution < 1.29 is 0 Å². The predicted molar refractivity (Wildman–Crippen MR) is 55.9 cm³/mol. The SMILES string of the molecule is C=C/N=C\C=C(\P)CC(C)C. The molecule has 0 saturated carbocycles. The van der Waals surface area contributed by atoms with Crippen LogP contribution in [-0.2, 0) is 0 Å². The second kappa shape index (κ2) is 6.30. The Kier molecular flexibility index (Phi) is 6.06. The van der Waals surface area contributed by atoms with E-state index < -0.39 is 0 Å². The summed E-state index contributed by atoms with van der Waals surface area (Å²) in [4.78, 5) is 3.87. The van der Waals surface area contributed by atoms with E-state index in [0.29, 0.717) is 5.92 Å². The summed E-state index contributed by atoms with van der Waals surface area (Å²) in [6, 6.07) is 0. The third-order valence-electron chi connectivity index (χ3n) is 1.12. The predicted octanol–water partition coefficient (Wildman–Crippen LogP) is 3.01. The van der Waals surface area contributed by atoms with Gasteiger partial charge in [-0.25, -0.2) is 0 Å². The summed E-state index contributed by atoms with van der Waals surface area (Å²) in [5.74, 6) is 0.705. The van der Waals surface area contributed by atoms with Gasteiger partial charge in [0.2, 0.25) is 0 Å². The second-order valence-corrected chi connectivity index (χ2v) is 3.56. The molecule has 0 aromatic carbocycles. The topological polar surface area (TPSA) is 12.4 Å². The molecule has 2 heteroatoms. The molecule has 0 aromatic rings. The first-order chi connectivity index (χ1) is 5.16. The molecule has 0 heterocycles. The van der Waals surface area contributed by atoms with E-state index in [0.717, 1.165) is 6.42 Å². The first-order valence-corrected chi connectivity index (χ1v) is 4.33.